The van der Waals surface area contributed by atoms with Crippen LogP contribution in [0, 0.1) is 0 Å². The van der Waals surface area contributed by atoms with E-state index in [0.29, 0.717) is 17.0 Å². The molecule has 0 N–H and O–H groups in total. The molecule has 0 spiro atoms. The number of ketones is 1. The molecular weight excluding hydrogens is 403 g/mol. The van der Waals surface area contributed by atoms with E-state index >= 15 is 0 Å². The average Bonchev–Trinajstić information content (AvgIpc) is 3.38. The first-order valence-electron chi connectivity index (χ1n) is 10.2. The number of benzene rings is 3. The van der Waals surface area contributed by atoms with E-state index in [9.17, 15) is 9.36 Å². The second kappa shape index (κ2) is 9.59. The Bertz CT molecular complexity index is 1140. The Morgan fingerprint density at radius 3 is 1.84 bits per heavy atom. The Labute approximate surface area is 182 Å². The molecule has 1 unspecified atom stereocenters. The van der Waals surface area contributed by atoms with E-state index in [1.807, 2.05) is 103 Å². The minimum Gasteiger partial charge on any atom is -0.461 e. The number of carbonyl (C=O) groups excluding carboxylic acids is 1. The molecule has 0 radical (unpaired) electrons. The van der Waals surface area contributed by atoms with E-state index in [2.05, 4.69) is 0 Å². The van der Waals surface area contributed by atoms with Crippen LogP contribution in [-0.4, -0.2) is 11.4 Å². The summed E-state index contributed by atoms with van der Waals surface area (Å²) in [7, 11) is -3.31. The quantitative estimate of drug-likeness (QED) is 0.258. The zero-order chi connectivity index (χ0) is 21.5. The lowest BCUT2D eigenvalue weighted by atomic mass is 10.1. The summed E-state index contributed by atoms with van der Waals surface area (Å²) in [5.74, 6) is -0.0241. The van der Waals surface area contributed by atoms with Gasteiger partial charge in [-0.2, -0.15) is 0 Å². The first-order chi connectivity index (χ1) is 15.2. The minimum absolute atomic E-state index is 0.227. The van der Waals surface area contributed by atoms with Gasteiger partial charge in [-0.1, -0.05) is 103 Å². The highest BCUT2D eigenvalue weighted by Crippen LogP contribution is 2.51. The summed E-state index contributed by atoms with van der Waals surface area (Å²) in [6.07, 6.45) is 5.69. The fourth-order valence-corrected chi connectivity index (χ4v) is 6.83. The van der Waals surface area contributed by atoms with E-state index in [1.54, 1.807) is 12.1 Å². The van der Waals surface area contributed by atoms with Gasteiger partial charge in [0.1, 0.15) is 0 Å². The molecule has 154 valence electrons. The van der Waals surface area contributed by atoms with Crippen molar-refractivity contribution in [2.45, 2.75) is 12.1 Å². The first kappa shape index (κ1) is 20.8. The van der Waals surface area contributed by atoms with Gasteiger partial charge in [0.15, 0.2) is 12.9 Å². The Balaban J connectivity index is 1.81. The Hall–Kier alpha value is -3.42. The van der Waals surface area contributed by atoms with Crippen LogP contribution in [0.3, 0.4) is 0 Å². The van der Waals surface area contributed by atoms with Crippen molar-refractivity contribution in [2.75, 3.05) is 0 Å². The van der Waals surface area contributed by atoms with E-state index in [0.717, 1.165) is 5.56 Å². The highest BCUT2D eigenvalue weighted by atomic mass is 31.2. The SMILES string of the molecule is O=C(c1ccco1)C(C/C=C/c1ccccc1)P(=O)(c1ccccc1)c1ccccc1. The molecule has 4 heteroatoms. The topological polar surface area (TPSA) is 47.3 Å². The second-order valence-electron chi connectivity index (χ2n) is 7.24. The lowest BCUT2D eigenvalue weighted by molar-refractivity contribution is 0.0960. The summed E-state index contributed by atoms with van der Waals surface area (Å²) in [6, 6.07) is 31.8. The molecule has 4 aromatic rings. The maximum absolute atomic E-state index is 14.8. The van der Waals surface area contributed by atoms with Gasteiger partial charge < -0.3 is 8.98 Å². The van der Waals surface area contributed by atoms with Gasteiger partial charge in [-0.25, -0.2) is 0 Å². The Kier molecular flexibility index (Phi) is 6.45. The maximum Gasteiger partial charge on any atom is 0.209 e. The fourth-order valence-electron chi connectivity index (χ4n) is 3.71. The summed E-state index contributed by atoms with van der Waals surface area (Å²) in [5.41, 5.74) is 0.254. The zero-order valence-electron chi connectivity index (χ0n) is 17.0. The molecule has 0 amide bonds. The van der Waals surface area contributed by atoms with E-state index in [4.69, 9.17) is 4.42 Å². The molecule has 31 heavy (non-hydrogen) atoms. The smallest absolute Gasteiger partial charge is 0.209 e. The van der Waals surface area contributed by atoms with Crippen LogP contribution in [0.4, 0.5) is 0 Å². The normalized spacial score (nSPS) is 12.6. The third-order valence-electron chi connectivity index (χ3n) is 5.25. The molecule has 3 nitrogen and oxygen atoms in total. The molecule has 0 saturated heterocycles. The van der Waals surface area contributed by atoms with Crippen molar-refractivity contribution in [3.63, 3.8) is 0 Å². The molecule has 0 aliphatic carbocycles. The molecule has 0 fully saturated rings. The minimum atomic E-state index is -3.31. The predicted molar refractivity (Wildman–Crippen MR) is 127 cm³/mol. The van der Waals surface area contributed by atoms with Crippen molar-refractivity contribution in [2.24, 2.45) is 0 Å². The predicted octanol–water partition coefficient (Wildman–Crippen LogP) is 5.95. The van der Waals surface area contributed by atoms with Gasteiger partial charge in [0.25, 0.3) is 0 Å². The van der Waals surface area contributed by atoms with Gasteiger partial charge in [-0.05, 0) is 24.1 Å². The van der Waals surface area contributed by atoms with Gasteiger partial charge >= 0.3 is 0 Å². The van der Waals surface area contributed by atoms with Gasteiger partial charge in [-0.3, -0.25) is 4.79 Å². The summed E-state index contributed by atoms with van der Waals surface area (Å²) < 4.78 is 20.2. The van der Waals surface area contributed by atoms with Gasteiger partial charge in [0.05, 0.1) is 11.9 Å². The summed E-state index contributed by atoms with van der Waals surface area (Å²) in [4.78, 5) is 13.5. The molecule has 0 bridgehead atoms. The number of hydrogen-bond donors (Lipinski definition) is 0. The van der Waals surface area contributed by atoms with Gasteiger partial charge in [0.2, 0.25) is 5.78 Å². The third-order valence-corrected chi connectivity index (χ3v) is 8.71. The van der Waals surface area contributed by atoms with Crippen LogP contribution in [0.1, 0.15) is 22.5 Å². The molecule has 0 saturated carbocycles. The van der Waals surface area contributed by atoms with Crippen LogP contribution in [0.25, 0.3) is 6.08 Å². The fraction of sp³-hybridized carbons (Fsp3) is 0.0741. The van der Waals surface area contributed by atoms with E-state index in [1.165, 1.54) is 6.26 Å². The van der Waals surface area contributed by atoms with Crippen molar-refractivity contribution in [3.05, 3.63) is 127 Å². The summed E-state index contributed by atoms with van der Waals surface area (Å²) >= 11 is 0. The van der Waals surface area contributed by atoms with Crippen LogP contribution in [-0.2, 0) is 4.57 Å². The number of Topliss-reactive ketones (excluding diaryl/α,β-unsaturated/α-hetero) is 1. The lowest BCUT2D eigenvalue weighted by Crippen LogP contribution is -2.31. The monoisotopic (exact) mass is 426 g/mol. The van der Waals surface area contributed by atoms with Crippen molar-refractivity contribution in [1.82, 2.24) is 0 Å². The molecule has 1 atom stereocenters. The molecule has 0 aliphatic heterocycles. The Morgan fingerprint density at radius 1 is 0.774 bits per heavy atom. The third kappa shape index (κ3) is 4.52. The van der Waals surface area contributed by atoms with Crippen molar-refractivity contribution in [3.8, 4) is 0 Å². The molecule has 1 heterocycles. The lowest BCUT2D eigenvalue weighted by Gasteiger charge is -2.26. The van der Waals surface area contributed by atoms with Crippen LogP contribution >= 0.6 is 7.14 Å². The first-order valence-corrected chi connectivity index (χ1v) is 12.0. The zero-order valence-corrected chi connectivity index (χ0v) is 17.9. The number of furan rings is 1. The van der Waals surface area contributed by atoms with Gasteiger partial charge in [-0.15, -0.1) is 0 Å². The number of hydrogen-bond acceptors (Lipinski definition) is 3. The molecule has 4 rings (SSSR count). The summed E-state index contributed by atoms with van der Waals surface area (Å²) in [5, 5.41) is 1.33. The number of carbonyl (C=O) groups is 1. The molecule has 3 aromatic carbocycles. The van der Waals surface area contributed by atoms with Crippen LogP contribution in [0.5, 0.6) is 0 Å². The van der Waals surface area contributed by atoms with Crippen molar-refractivity contribution in [1.29, 1.82) is 0 Å². The standard InChI is InChI=1S/C27H23O3P/c28-27(25-19-11-21-30-25)26(20-10-14-22-12-4-1-5-13-22)31(29,23-15-6-2-7-16-23)24-17-8-3-9-18-24/h1-19,21,26H,20H2/b14-10+. The Morgan fingerprint density at radius 2 is 1.32 bits per heavy atom. The summed E-state index contributed by atoms with van der Waals surface area (Å²) in [6.45, 7) is 0. The number of allylic oxidation sites excluding steroid dienone is 1. The second-order valence-corrected chi connectivity index (χ2v) is 10.2. The van der Waals surface area contributed by atoms with Crippen LogP contribution < -0.4 is 10.6 Å². The molecular formula is C27H23O3P. The average molecular weight is 426 g/mol. The van der Waals surface area contributed by atoms with Crippen molar-refractivity contribution < 1.29 is 13.8 Å². The van der Waals surface area contributed by atoms with Gasteiger partial charge in [0, 0.05) is 10.6 Å². The highest BCUT2D eigenvalue weighted by molar-refractivity contribution is 7.80. The number of rotatable bonds is 8. The van der Waals surface area contributed by atoms with Crippen LogP contribution in [0.15, 0.2) is 120 Å². The van der Waals surface area contributed by atoms with Crippen LogP contribution in [0.2, 0.25) is 0 Å². The van der Waals surface area contributed by atoms with Crippen molar-refractivity contribution >= 4 is 29.6 Å². The van der Waals surface area contributed by atoms with E-state index in [-0.39, 0.29) is 11.5 Å². The highest BCUT2D eigenvalue weighted by Gasteiger charge is 2.41. The maximum atomic E-state index is 14.8. The van der Waals surface area contributed by atoms with E-state index < -0.39 is 12.8 Å². The molecule has 0 aliphatic rings. The largest absolute Gasteiger partial charge is 0.461 e. The molecule has 1 aromatic heterocycles.